The van der Waals surface area contributed by atoms with Crippen molar-refractivity contribution in [3.8, 4) is 17.0 Å². The highest BCUT2D eigenvalue weighted by molar-refractivity contribution is 5.68. The van der Waals surface area contributed by atoms with Gasteiger partial charge in [0.2, 0.25) is 0 Å². The highest BCUT2D eigenvalue weighted by Gasteiger charge is 2.17. The normalized spacial score (nSPS) is 11.3. The van der Waals surface area contributed by atoms with E-state index in [4.69, 9.17) is 0 Å². The number of nitrogens with zero attached hydrogens (tertiary/aromatic N) is 2. The van der Waals surface area contributed by atoms with Crippen molar-refractivity contribution in [1.29, 1.82) is 0 Å². The Labute approximate surface area is 121 Å². The maximum atomic E-state index is 10.4. The lowest BCUT2D eigenvalue weighted by molar-refractivity contribution is 0.461. The number of aromatic hydroxyl groups is 1. The Balaban J connectivity index is 2.59. The highest BCUT2D eigenvalue weighted by Crippen LogP contribution is 2.33. The van der Waals surface area contributed by atoms with Gasteiger partial charge in [-0.05, 0) is 56.9 Å². The van der Waals surface area contributed by atoms with Crippen LogP contribution in [0.2, 0.25) is 0 Å². The molecule has 0 amide bonds. The lowest BCUT2D eigenvalue weighted by Crippen LogP contribution is -2.04. The summed E-state index contributed by atoms with van der Waals surface area (Å²) in [4.78, 5) is 0. The first-order valence-electron chi connectivity index (χ1n) is 7.39. The molecule has 0 radical (unpaired) electrons. The predicted octanol–water partition coefficient (Wildman–Crippen LogP) is 4.27. The summed E-state index contributed by atoms with van der Waals surface area (Å²) in [5, 5.41) is 15.0. The minimum Gasteiger partial charge on any atom is -0.504 e. The van der Waals surface area contributed by atoms with Gasteiger partial charge in [0, 0.05) is 11.6 Å². The van der Waals surface area contributed by atoms with E-state index in [9.17, 15) is 5.11 Å². The molecule has 0 bridgehead atoms. The topological polar surface area (TPSA) is 38.0 Å². The van der Waals surface area contributed by atoms with Crippen LogP contribution < -0.4 is 0 Å². The molecule has 0 saturated carbocycles. The van der Waals surface area contributed by atoms with E-state index in [0.29, 0.717) is 11.4 Å². The van der Waals surface area contributed by atoms with E-state index in [1.54, 1.807) is 0 Å². The van der Waals surface area contributed by atoms with Gasteiger partial charge in [0.15, 0.2) is 5.75 Å². The maximum Gasteiger partial charge on any atom is 0.164 e. The second-order valence-electron chi connectivity index (χ2n) is 5.57. The molecule has 1 heterocycles. The van der Waals surface area contributed by atoms with Gasteiger partial charge in [0.25, 0.3) is 0 Å². The molecule has 1 N–H and O–H groups in total. The molecule has 3 nitrogen and oxygen atoms in total. The van der Waals surface area contributed by atoms with Gasteiger partial charge in [-0.3, -0.25) is 4.68 Å². The van der Waals surface area contributed by atoms with Gasteiger partial charge in [0.1, 0.15) is 5.69 Å². The molecule has 0 unspecified atom stereocenters. The first-order valence-corrected chi connectivity index (χ1v) is 7.39. The fourth-order valence-corrected chi connectivity index (χ4v) is 2.51. The van der Waals surface area contributed by atoms with Gasteiger partial charge in [-0.2, -0.15) is 5.10 Å². The average Bonchev–Trinajstić information content (AvgIpc) is 2.75. The summed E-state index contributed by atoms with van der Waals surface area (Å²) < 4.78 is 1.88. The monoisotopic (exact) mass is 272 g/mol. The van der Waals surface area contributed by atoms with Crippen molar-refractivity contribution in [2.24, 2.45) is 0 Å². The molecule has 0 spiro atoms. The van der Waals surface area contributed by atoms with Crippen LogP contribution in [-0.2, 0) is 12.8 Å². The number of hydrogen-bond acceptors (Lipinski definition) is 2. The van der Waals surface area contributed by atoms with E-state index >= 15 is 0 Å². The Bertz CT molecular complexity index is 589. The molecule has 0 aliphatic carbocycles. The molecule has 0 atom stereocenters. The minimum atomic E-state index is 0.245. The molecule has 0 aliphatic heterocycles. The lowest BCUT2D eigenvalue weighted by Gasteiger charge is -2.07. The van der Waals surface area contributed by atoms with Crippen LogP contribution in [0.5, 0.6) is 5.75 Å². The molecular formula is C17H24N2O. The SMILES string of the molecule is CCc1cc(CC)cc(-c2nn(C(C)C)c(C)c2O)c1. The molecule has 0 fully saturated rings. The van der Waals surface area contributed by atoms with Crippen molar-refractivity contribution in [3.63, 3.8) is 0 Å². The van der Waals surface area contributed by atoms with E-state index in [-0.39, 0.29) is 6.04 Å². The molecule has 2 rings (SSSR count). The van der Waals surface area contributed by atoms with Crippen LogP contribution in [0.25, 0.3) is 11.3 Å². The summed E-state index contributed by atoms with van der Waals surface area (Å²) in [6.07, 6.45) is 1.98. The molecule has 20 heavy (non-hydrogen) atoms. The third-order valence-electron chi connectivity index (χ3n) is 3.75. The highest BCUT2D eigenvalue weighted by atomic mass is 16.3. The van der Waals surface area contributed by atoms with Crippen LogP contribution >= 0.6 is 0 Å². The van der Waals surface area contributed by atoms with E-state index in [1.165, 1.54) is 11.1 Å². The first-order chi connectivity index (χ1) is 9.47. The van der Waals surface area contributed by atoms with Gasteiger partial charge >= 0.3 is 0 Å². The number of rotatable bonds is 4. The van der Waals surface area contributed by atoms with Gasteiger partial charge in [0.05, 0.1) is 5.69 Å². The molecule has 0 aliphatic rings. The summed E-state index contributed by atoms with van der Waals surface area (Å²) >= 11 is 0. The Morgan fingerprint density at radius 2 is 1.65 bits per heavy atom. The van der Waals surface area contributed by atoms with Gasteiger partial charge in [-0.15, -0.1) is 0 Å². The second kappa shape index (κ2) is 5.70. The second-order valence-corrected chi connectivity index (χ2v) is 5.57. The Morgan fingerprint density at radius 3 is 2.05 bits per heavy atom. The third-order valence-corrected chi connectivity index (χ3v) is 3.75. The zero-order chi connectivity index (χ0) is 14.9. The van der Waals surface area contributed by atoms with Crippen molar-refractivity contribution in [2.75, 3.05) is 0 Å². The van der Waals surface area contributed by atoms with E-state index in [1.807, 2.05) is 11.6 Å². The predicted molar refractivity (Wildman–Crippen MR) is 83.2 cm³/mol. The zero-order valence-electron chi connectivity index (χ0n) is 13.1. The van der Waals surface area contributed by atoms with Crippen LogP contribution in [-0.4, -0.2) is 14.9 Å². The zero-order valence-corrected chi connectivity index (χ0v) is 13.1. The molecule has 1 aromatic carbocycles. The lowest BCUT2D eigenvalue weighted by atomic mass is 10.0. The fraction of sp³-hybridized carbons (Fsp3) is 0.471. The summed E-state index contributed by atoms with van der Waals surface area (Å²) in [5.74, 6) is 0.300. The number of aryl methyl sites for hydroxylation is 2. The Kier molecular flexibility index (Phi) is 4.17. The Morgan fingerprint density at radius 1 is 1.10 bits per heavy atom. The largest absolute Gasteiger partial charge is 0.504 e. The molecular weight excluding hydrogens is 248 g/mol. The fourth-order valence-electron chi connectivity index (χ4n) is 2.51. The molecule has 0 saturated heterocycles. The van der Waals surface area contributed by atoms with Crippen molar-refractivity contribution in [2.45, 2.75) is 53.5 Å². The van der Waals surface area contributed by atoms with E-state index in [2.05, 4.69) is 51.0 Å². The quantitative estimate of drug-likeness (QED) is 0.902. The van der Waals surface area contributed by atoms with Gasteiger partial charge in [-0.1, -0.05) is 19.9 Å². The molecule has 3 heteroatoms. The van der Waals surface area contributed by atoms with Crippen molar-refractivity contribution >= 4 is 0 Å². The van der Waals surface area contributed by atoms with Crippen molar-refractivity contribution in [1.82, 2.24) is 9.78 Å². The molecule has 1 aromatic heterocycles. The van der Waals surface area contributed by atoms with Crippen molar-refractivity contribution in [3.05, 3.63) is 35.0 Å². The van der Waals surface area contributed by atoms with Gasteiger partial charge in [-0.25, -0.2) is 0 Å². The standard InChI is InChI=1S/C17H24N2O/c1-6-13-8-14(7-2)10-15(9-13)16-17(20)12(5)19(18-16)11(3)4/h8-11,20H,6-7H2,1-5H3. The van der Waals surface area contributed by atoms with Crippen molar-refractivity contribution < 1.29 is 5.11 Å². The summed E-state index contributed by atoms with van der Waals surface area (Å²) in [5.41, 5.74) is 5.11. The first kappa shape index (κ1) is 14.6. The van der Waals surface area contributed by atoms with E-state index < -0.39 is 0 Å². The van der Waals surface area contributed by atoms with Crippen LogP contribution in [0.1, 0.15) is 50.6 Å². The summed E-state index contributed by atoms with van der Waals surface area (Å²) in [6, 6.07) is 6.73. The van der Waals surface area contributed by atoms with Crippen LogP contribution in [0, 0.1) is 6.92 Å². The summed E-state index contributed by atoms with van der Waals surface area (Å²) in [7, 11) is 0. The number of benzene rings is 1. The minimum absolute atomic E-state index is 0.245. The van der Waals surface area contributed by atoms with Crippen LogP contribution in [0.3, 0.4) is 0 Å². The van der Waals surface area contributed by atoms with Crippen LogP contribution in [0.15, 0.2) is 18.2 Å². The number of aromatic nitrogens is 2. The van der Waals surface area contributed by atoms with Gasteiger partial charge < -0.3 is 5.11 Å². The van der Waals surface area contributed by atoms with Crippen LogP contribution in [0.4, 0.5) is 0 Å². The third kappa shape index (κ3) is 2.58. The Hall–Kier alpha value is -1.77. The summed E-state index contributed by atoms with van der Waals surface area (Å²) in [6.45, 7) is 10.4. The molecule has 108 valence electrons. The number of hydrogen-bond donors (Lipinski definition) is 1. The molecule has 2 aromatic rings. The average molecular weight is 272 g/mol. The van der Waals surface area contributed by atoms with E-state index in [0.717, 1.165) is 24.1 Å². The maximum absolute atomic E-state index is 10.4. The smallest absolute Gasteiger partial charge is 0.164 e.